The van der Waals surface area contributed by atoms with Crippen molar-refractivity contribution in [2.24, 2.45) is 0 Å². The number of benzene rings is 3. The lowest BCUT2D eigenvalue weighted by atomic mass is 9.92. The average molecular weight is 531 g/mol. The van der Waals surface area contributed by atoms with Crippen LogP contribution in [0.2, 0.25) is 0 Å². The number of carboxylic acids is 1. The first kappa shape index (κ1) is 29.6. The van der Waals surface area contributed by atoms with Crippen molar-refractivity contribution in [3.8, 4) is 22.3 Å². The number of hydrogen-bond acceptors (Lipinski definition) is 5. The maximum Gasteiger partial charge on any atom is 0.338 e. The Hall–Kier alpha value is -3.93. The summed E-state index contributed by atoms with van der Waals surface area (Å²) >= 11 is 0. The van der Waals surface area contributed by atoms with Gasteiger partial charge in [0.1, 0.15) is 0 Å². The zero-order chi connectivity index (χ0) is 28.4. The van der Waals surface area contributed by atoms with E-state index in [0.29, 0.717) is 16.7 Å². The lowest BCUT2D eigenvalue weighted by Gasteiger charge is -2.15. The molecule has 0 saturated carbocycles. The second-order valence-corrected chi connectivity index (χ2v) is 9.94. The highest BCUT2D eigenvalue weighted by Gasteiger charge is 2.16. The van der Waals surface area contributed by atoms with E-state index < -0.39 is 5.97 Å². The molecular weight excluding hydrogens is 492 g/mol. The maximum absolute atomic E-state index is 12.6. The summed E-state index contributed by atoms with van der Waals surface area (Å²) in [5, 5.41) is 9.59. The van der Waals surface area contributed by atoms with Crippen LogP contribution in [0, 0.1) is 0 Å². The molecule has 0 spiro atoms. The Morgan fingerprint density at radius 2 is 1.05 bits per heavy atom. The van der Waals surface area contributed by atoms with Gasteiger partial charge in [0.25, 0.3) is 0 Å². The van der Waals surface area contributed by atoms with Crippen LogP contribution in [0.15, 0.2) is 66.7 Å². The molecule has 6 heteroatoms. The second-order valence-electron chi connectivity index (χ2n) is 9.94. The first-order chi connectivity index (χ1) is 18.7. The van der Waals surface area contributed by atoms with Crippen LogP contribution in [-0.2, 0) is 9.47 Å². The molecule has 0 aromatic heterocycles. The predicted octanol–water partition coefficient (Wildman–Crippen LogP) is 8.19. The smallest absolute Gasteiger partial charge is 0.338 e. The van der Waals surface area contributed by atoms with Crippen molar-refractivity contribution in [3.63, 3.8) is 0 Å². The van der Waals surface area contributed by atoms with E-state index in [2.05, 4.69) is 13.8 Å². The van der Waals surface area contributed by atoms with E-state index in [1.807, 2.05) is 26.0 Å². The van der Waals surface area contributed by atoms with Gasteiger partial charge in [-0.1, -0.05) is 69.9 Å². The molecule has 39 heavy (non-hydrogen) atoms. The van der Waals surface area contributed by atoms with E-state index in [0.717, 1.165) is 55.2 Å². The summed E-state index contributed by atoms with van der Waals surface area (Å²) in [4.78, 5) is 36.8. The predicted molar refractivity (Wildman–Crippen MR) is 153 cm³/mol. The molecule has 0 fully saturated rings. The first-order valence-electron chi connectivity index (χ1n) is 13.7. The standard InChI is InChI=1S/C33H38O6/c1-5-7-9-22(3)38-32(36)26-15-11-24(12-16-26)29-20-19-28(31(34)35)21-30(29)25-13-17-27(18-14-25)33(37)39-23(4)10-8-6-2/h11-23H,5-10H2,1-4H3,(H,34,35)/t22-,23-/m1/s1. The van der Waals surface area contributed by atoms with E-state index in [-0.39, 0.29) is 29.7 Å². The van der Waals surface area contributed by atoms with Crippen molar-refractivity contribution in [1.29, 1.82) is 0 Å². The third-order valence-corrected chi connectivity index (χ3v) is 6.67. The molecule has 0 aliphatic carbocycles. The Morgan fingerprint density at radius 1 is 0.641 bits per heavy atom. The summed E-state index contributed by atoms with van der Waals surface area (Å²) < 4.78 is 11.1. The van der Waals surface area contributed by atoms with Gasteiger partial charge in [-0.3, -0.25) is 0 Å². The Bertz CT molecular complexity index is 1260. The minimum absolute atomic E-state index is 0.146. The van der Waals surface area contributed by atoms with Gasteiger partial charge < -0.3 is 14.6 Å². The molecule has 0 saturated heterocycles. The third-order valence-electron chi connectivity index (χ3n) is 6.67. The number of aromatic carboxylic acids is 1. The van der Waals surface area contributed by atoms with Crippen LogP contribution in [0.5, 0.6) is 0 Å². The highest BCUT2D eigenvalue weighted by Crippen LogP contribution is 2.34. The van der Waals surface area contributed by atoms with Gasteiger partial charge in [-0.25, -0.2) is 14.4 Å². The molecule has 6 nitrogen and oxygen atoms in total. The third kappa shape index (κ3) is 8.28. The number of carbonyl (C=O) groups is 3. The number of carboxylic acid groups (broad SMARTS) is 1. The molecule has 0 amide bonds. The second kappa shape index (κ2) is 14.3. The topological polar surface area (TPSA) is 89.9 Å². The summed E-state index contributed by atoms with van der Waals surface area (Å²) in [6.07, 6.45) is 5.43. The summed E-state index contributed by atoms with van der Waals surface area (Å²) in [7, 11) is 0. The minimum atomic E-state index is -1.03. The van der Waals surface area contributed by atoms with E-state index in [4.69, 9.17) is 9.47 Å². The Balaban J connectivity index is 1.85. The molecular formula is C33H38O6. The first-order valence-corrected chi connectivity index (χ1v) is 13.7. The van der Waals surface area contributed by atoms with Crippen molar-refractivity contribution in [3.05, 3.63) is 83.4 Å². The number of unbranched alkanes of at least 4 members (excludes halogenated alkanes) is 2. The van der Waals surface area contributed by atoms with Crippen molar-refractivity contribution in [2.45, 2.75) is 78.4 Å². The molecule has 3 rings (SSSR count). The fourth-order valence-corrected chi connectivity index (χ4v) is 4.34. The highest BCUT2D eigenvalue weighted by atomic mass is 16.5. The van der Waals surface area contributed by atoms with Gasteiger partial charge in [0.2, 0.25) is 0 Å². The van der Waals surface area contributed by atoms with Crippen LogP contribution in [0.1, 0.15) is 97.3 Å². The van der Waals surface area contributed by atoms with Gasteiger partial charge in [-0.2, -0.15) is 0 Å². The summed E-state index contributed by atoms with van der Waals surface area (Å²) in [6.45, 7) is 7.99. The Labute approximate surface area is 231 Å². The molecule has 3 aromatic carbocycles. The monoisotopic (exact) mass is 530 g/mol. The van der Waals surface area contributed by atoms with E-state index >= 15 is 0 Å². The Morgan fingerprint density at radius 3 is 1.46 bits per heavy atom. The van der Waals surface area contributed by atoms with Crippen LogP contribution in [0.3, 0.4) is 0 Å². The lowest BCUT2D eigenvalue weighted by molar-refractivity contribution is 0.0310. The SMILES string of the molecule is CCCC[C@@H](C)OC(=O)c1ccc(-c2ccc(C(=O)O)cc2-c2ccc(C(=O)O[C@H](C)CCCC)cc2)cc1. The number of rotatable bonds is 13. The molecule has 3 aromatic rings. The summed E-state index contributed by atoms with van der Waals surface area (Å²) in [5.41, 5.74) is 4.15. The van der Waals surface area contributed by atoms with Gasteiger partial charge >= 0.3 is 17.9 Å². The van der Waals surface area contributed by atoms with E-state index in [9.17, 15) is 19.5 Å². The molecule has 0 aliphatic rings. The number of hydrogen-bond donors (Lipinski definition) is 1. The van der Waals surface area contributed by atoms with Crippen molar-refractivity contribution < 1.29 is 29.0 Å². The summed E-state index contributed by atoms with van der Waals surface area (Å²) in [6, 6.07) is 19.0. The van der Waals surface area contributed by atoms with Crippen LogP contribution >= 0.6 is 0 Å². The molecule has 0 bridgehead atoms. The zero-order valence-corrected chi connectivity index (χ0v) is 23.2. The van der Waals surface area contributed by atoms with Gasteiger partial charge in [0.05, 0.1) is 28.9 Å². The number of ether oxygens (including phenoxy) is 2. The quantitative estimate of drug-likeness (QED) is 0.224. The number of esters is 2. The van der Waals surface area contributed by atoms with Crippen molar-refractivity contribution in [1.82, 2.24) is 0 Å². The fourth-order valence-electron chi connectivity index (χ4n) is 4.34. The zero-order valence-electron chi connectivity index (χ0n) is 23.2. The van der Waals surface area contributed by atoms with Crippen molar-refractivity contribution in [2.75, 3.05) is 0 Å². The van der Waals surface area contributed by atoms with Crippen LogP contribution < -0.4 is 0 Å². The largest absolute Gasteiger partial charge is 0.478 e. The minimum Gasteiger partial charge on any atom is -0.478 e. The number of carbonyl (C=O) groups excluding carboxylic acids is 2. The van der Waals surface area contributed by atoms with Gasteiger partial charge in [0.15, 0.2) is 0 Å². The van der Waals surface area contributed by atoms with Gasteiger partial charge in [-0.05, 0) is 85.3 Å². The van der Waals surface area contributed by atoms with Crippen LogP contribution in [0.25, 0.3) is 22.3 Å². The molecule has 0 aliphatic heterocycles. The van der Waals surface area contributed by atoms with Crippen molar-refractivity contribution >= 4 is 17.9 Å². The van der Waals surface area contributed by atoms with Gasteiger partial charge in [-0.15, -0.1) is 0 Å². The normalized spacial score (nSPS) is 12.4. The molecule has 1 N–H and O–H groups in total. The molecule has 0 radical (unpaired) electrons. The summed E-state index contributed by atoms with van der Waals surface area (Å²) in [5.74, 6) is -1.77. The molecule has 206 valence electrons. The van der Waals surface area contributed by atoms with Crippen LogP contribution in [0.4, 0.5) is 0 Å². The average Bonchev–Trinajstić information content (AvgIpc) is 2.94. The molecule has 0 unspecified atom stereocenters. The molecule has 2 atom stereocenters. The maximum atomic E-state index is 12.6. The van der Waals surface area contributed by atoms with E-state index in [1.165, 1.54) is 0 Å². The molecule has 0 heterocycles. The van der Waals surface area contributed by atoms with E-state index in [1.54, 1.807) is 54.6 Å². The van der Waals surface area contributed by atoms with Gasteiger partial charge in [0, 0.05) is 0 Å². The lowest BCUT2D eigenvalue weighted by Crippen LogP contribution is -2.15. The highest BCUT2D eigenvalue weighted by molar-refractivity contribution is 5.95. The fraction of sp³-hybridized carbons (Fsp3) is 0.364. The Kier molecular flexibility index (Phi) is 10.9. The van der Waals surface area contributed by atoms with Crippen LogP contribution in [-0.4, -0.2) is 35.2 Å².